The molecule has 0 aromatic carbocycles. The molecule has 0 bridgehead atoms. The smallest absolute Gasteiger partial charge is 0.257 e. The molecule has 0 radical (unpaired) electrons. The zero-order valence-corrected chi connectivity index (χ0v) is 13.9. The van der Waals surface area contributed by atoms with E-state index in [0.717, 1.165) is 35.9 Å². The Bertz CT molecular complexity index is 814. The van der Waals surface area contributed by atoms with E-state index in [2.05, 4.69) is 32.0 Å². The summed E-state index contributed by atoms with van der Waals surface area (Å²) in [4.78, 5) is 12.2. The van der Waals surface area contributed by atoms with Crippen molar-refractivity contribution >= 4 is 11.3 Å². The van der Waals surface area contributed by atoms with E-state index in [0.29, 0.717) is 11.8 Å². The molecule has 3 aromatic rings. The van der Waals surface area contributed by atoms with Crippen molar-refractivity contribution in [3.63, 3.8) is 0 Å². The monoisotopic (exact) mass is 327 g/mol. The molecule has 1 aliphatic heterocycles. The molecule has 0 fully saturated rings. The normalized spacial score (nSPS) is 16.3. The molecule has 7 heteroatoms. The highest BCUT2D eigenvalue weighted by Gasteiger charge is 2.26. The summed E-state index contributed by atoms with van der Waals surface area (Å²) in [5.74, 6) is 2.07. The molecule has 0 unspecified atom stereocenters. The highest BCUT2D eigenvalue weighted by atomic mass is 32.1. The van der Waals surface area contributed by atoms with E-state index in [9.17, 15) is 0 Å². The summed E-state index contributed by atoms with van der Waals surface area (Å²) in [6.45, 7) is 5.76. The van der Waals surface area contributed by atoms with E-state index < -0.39 is 0 Å². The minimum atomic E-state index is 0.0691. The fourth-order valence-corrected chi connectivity index (χ4v) is 3.46. The Balaban J connectivity index is 1.55. The van der Waals surface area contributed by atoms with Crippen LogP contribution in [0.4, 0.5) is 0 Å². The van der Waals surface area contributed by atoms with Crippen LogP contribution in [0, 0.1) is 6.92 Å². The Kier molecular flexibility index (Phi) is 3.66. The molecule has 4 rings (SSSR count). The molecule has 0 saturated carbocycles. The maximum Gasteiger partial charge on any atom is 0.257 e. The van der Waals surface area contributed by atoms with Crippen LogP contribution in [0.1, 0.15) is 35.9 Å². The summed E-state index contributed by atoms with van der Waals surface area (Å²) in [5, 5.41) is 10.4. The highest BCUT2D eigenvalue weighted by Crippen LogP contribution is 2.29. The van der Waals surface area contributed by atoms with Crippen LogP contribution < -0.4 is 0 Å². The summed E-state index contributed by atoms with van der Waals surface area (Å²) >= 11 is 1.60. The van der Waals surface area contributed by atoms with E-state index in [4.69, 9.17) is 4.42 Å². The van der Waals surface area contributed by atoms with Crippen molar-refractivity contribution in [3.05, 3.63) is 46.7 Å². The summed E-state index contributed by atoms with van der Waals surface area (Å²) < 4.78 is 5.87. The molecular weight excluding hydrogens is 310 g/mol. The van der Waals surface area contributed by atoms with Gasteiger partial charge in [-0.1, -0.05) is 6.07 Å². The number of rotatable bonds is 3. The van der Waals surface area contributed by atoms with Gasteiger partial charge in [-0.25, -0.2) is 9.97 Å². The second kappa shape index (κ2) is 5.82. The van der Waals surface area contributed by atoms with Crippen molar-refractivity contribution in [1.29, 1.82) is 0 Å². The Morgan fingerprint density at radius 3 is 3.09 bits per heavy atom. The van der Waals surface area contributed by atoms with Gasteiger partial charge in [0.05, 0.1) is 16.6 Å². The second-order valence-corrected chi connectivity index (χ2v) is 6.66. The van der Waals surface area contributed by atoms with Crippen LogP contribution in [0.3, 0.4) is 0 Å². The first kappa shape index (κ1) is 14.5. The van der Waals surface area contributed by atoms with Gasteiger partial charge in [-0.05, 0) is 37.3 Å². The van der Waals surface area contributed by atoms with E-state index in [1.54, 1.807) is 11.3 Å². The highest BCUT2D eigenvalue weighted by molar-refractivity contribution is 7.13. The molecule has 0 spiro atoms. The van der Waals surface area contributed by atoms with Gasteiger partial charge in [0, 0.05) is 19.3 Å². The fourth-order valence-electron chi connectivity index (χ4n) is 2.81. The van der Waals surface area contributed by atoms with Gasteiger partial charge in [-0.2, -0.15) is 0 Å². The number of hydrogen-bond donors (Lipinski definition) is 0. The molecule has 118 valence electrons. The average Bonchev–Trinajstić information content (AvgIpc) is 3.24. The van der Waals surface area contributed by atoms with Crippen LogP contribution in [0.2, 0.25) is 0 Å². The zero-order chi connectivity index (χ0) is 15.8. The third-order valence-electron chi connectivity index (χ3n) is 4.17. The topological polar surface area (TPSA) is 67.9 Å². The minimum Gasteiger partial charge on any atom is -0.418 e. The van der Waals surface area contributed by atoms with Crippen LogP contribution >= 0.6 is 11.3 Å². The molecule has 0 saturated heterocycles. The van der Waals surface area contributed by atoms with E-state index in [-0.39, 0.29) is 6.04 Å². The van der Waals surface area contributed by atoms with Crippen molar-refractivity contribution in [2.75, 3.05) is 6.54 Å². The van der Waals surface area contributed by atoms with Crippen molar-refractivity contribution in [2.45, 2.75) is 32.9 Å². The zero-order valence-electron chi connectivity index (χ0n) is 13.1. The largest absolute Gasteiger partial charge is 0.418 e. The van der Waals surface area contributed by atoms with Gasteiger partial charge >= 0.3 is 0 Å². The Morgan fingerprint density at radius 2 is 2.26 bits per heavy atom. The maximum atomic E-state index is 5.87. The third kappa shape index (κ3) is 2.77. The molecule has 0 N–H and O–H groups in total. The van der Waals surface area contributed by atoms with Crippen molar-refractivity contribution < 1.29 is 4.42 Å². The molecule has 4 heterocycles. The summed E-state index contributed by atoms with van der Waals surface area (Å²) in [7, 11) is 0. The number of nitrogens with zero attached hydrogens (tertiary/aromatic N) is 5. The maximum absolute atomic E-state index is 5.87. The standard InChI is InChI=1S/C16H17N5OS/c1-10(15-19-20-16(22-15)14-4-3-7-23-14)21-6-5-12-8-17-11(2)18-13(12)9-21/h3-4,7-8,10H,5-6,9H2,1-2H3/t10-/m1/s1. The van der Waals surface area contributed by atoms with E-state index in [1.165, 1.54) is 5.56 Å². The molecule has 1 aliphatic rings. The lowest BCUT2D eigenvalue weighted by molar-refractivity contribution is 0.164. The molecule has 0 amide bonds. The van der Waals surface area contributed by atoms with Crippen LogP contribution in [0.5, 0.6) is 0 Å². The first-order valence-electron chi connectivity index (χ1n) is 7.63. The minimum absolute atomic E-state index is 0.0691. The first-order valence-corrected chi connectivity index (χ1v) is 8.51. The third-order valence-corrected chi connectivity index (χ3v) is 5.03. The van der Waals surface area contributed by atoms with Gasteiger partial charge < -0.3 is 4.42 Å². The van der Waals surface area contributed by atoms with Gasteiger partial charge in [0.25, 0.3) is 5.89 Å². The van der Waals surface area contributed by atoms with E-state index in [1.807, 2.05) is 30.6 Å². The van der Waals surface area contributed by atoms with Gasteiger partial charge in [-0.15, -0.1) is 21.5 Å². The fraction of sp³-hybridized carbons (Fsp3) is 0.375. The summed E-state index contributed by atoms with van der Waals surface area (Å²) in [5.41, 5.74) is 2.34. The number of thiophene rings is 1. The summed E-state index contributed by atoms with van der Waals surface area (Å²) in [6.07, 6.45) is 2.90. The van der Waals surface area contributed by atoms with Crippen LogP contribution in [0.15, 0.2) is 28.1 Å². The summed E-state index contributed by atoms with van der Waals surface area (Å²) in [6, 6.07) is 4.04. The number of fused-ring (bicyclic) bond motifs is 1. The van der Waals surface area contributed by atoms with Gasteiger partial charge in [0.15, 0.2) is 0 Å². The first-order chi connectivity index (χ1) is 11.2. The molecule has 3 aromatic heterocycles. The van der Waals surface area contributed by atoms with Gasteiger partial charge in [-0.3, -0.25) is 4.90 Å². The lowest BCUT2D eigenvalue weighted by Crippen LogP contribution is -2.34. The quantitative estimate of drug-likeness (QED) is 0.736. The average molecular weight is 327 g/mol. The van der Waals surface area contributed by atoms with Crippen molar-refractivity contribution in [2.24, 2.45) is 0 Å². The predicted octanol–water partition coefficient (Wildman–Crippen LogP) is 3.02. The number of aromatic nitrogens is 4. The Morgan fingerprint density at radius 1 is 1.35 bits per heavy atom. The van der Waals surface area contributed by atoms with Gasteiger partial charge in [0.1, 0.15) is 5.82 Å². The molecular formula is C16H17N5OS. The lowest BCUT2D eigenvalue weighted by atomic mass is 10.1. The number of hydrogen-bond acceptors (Lipinski definition) is 7. The molecule has 6 nitrogen and oxygen atoms in total. The van der Waals surface area contributed by atoms with Crippen LogP contribution in [-0.4, -0.2) is 31.6 Å². The predicted molar refractivity (Wildman–Crippen MR) is 86.9 cm³/mol. The molecule has 1 atom stereocenters. The number of aryl methyl sites for hydroxylation is 1. The molecule has 0 aliphatic carbocycles. The second-order valence-electron chi connectivity index (χ2n) is 5.71. The van der Waals surface area contributed by atoms with Crippen LogP contribution in [-0.2, 0) is 13.0 Å². The van der Waals surface area contributed by atoms with Crippen molar-refractivity contribution in [1.82, 2.24) is 25.1 Å². The van der Waals surface area contributed by atoms with Crippen molar-refractivity contribution in [3.8, 4) is 10.8 Å². The van der Waals surface area contributed by atoms with E-state index >= 15 is 0 Å². The Hall–Kier alpha value is -2.12. The lowest BCUT2D eigenvalue weighted by Gasteiger charge is -2.31. The van der Waals surface area contributed by atoms with Gasteiger partial charge in [0.2, 0.25) is 5.89 Å². The molecule has 23 heavy (non-hydrogen) atoms. The Labute approximate surface area is 138 Å². The SMILES string of the molecule is Cc1ncc2c(n1)CN([C@H](C)c1nnc(-c3cccs3)o1)CC2. The van der Waals surface area contributed by atoms with Crippen LogP contribution in [0.25, 0.3) is 10.8 Å².